The molecular weight excluding hydrogens is 246 g/mol. The van der Waals surface area contributed by atoms with Crippen molar-refractivity contribution in [3.05, 3.63) is 0 Å². The van der Waals surface area contributed by atoms with Gasteiger partial charge in [0.2, 0.25) is 0 Å². The maximum atomic E-state index is 0. The summed E-state index contributed by atoms with van der Waals surface area (Å²) in [5.74, 6) is 0. The Hall–Kier alpha value is 3.06. The second kappa shape index (κ2) is 42.9. The second-order valence-electron chi connectivity index (χ2n) is 0. The zero-order valence-corrected chi connectivity index (χ0v) is 6.57. The van der Waals surface area contributed by atoms with Crippen molar-refractivity contribution in [2.45, 2.75) is 0 Å². The second-order valence-corrected chi connectivity index (χ2v) is 0. The van der Waals surface area contributed by atoms with Crippen molar-refractivity contribution in [2.75, 3.05) is 0 Å². The fourth-order valence-corrected chi connectivity index (χ4v) is 0. The molecule has 0 aliphatic carbocycles. The number of hydrogen-bond donors (Lipinski definition) is 0. The van der Waals surface area contributed by atoms with Crippen LogP contribution in [0.4, 0.5) is 0 Å². The summed E-state index contributed by atoms with van der Waals surface area (Å²) in [5, 5.41) is 0. The molecule has 0 fully saturated rings. The van der Waals surface area contributed by atoms with Gasteiger partial charge in [-0.15, -0.1) is 0 Å². The van der Waals surface area contributed by atoms with E-state index < -0.39 is 0 Å². The molecule has 0 saturated heterocycles. The molecule has 0 aromatic rings. The van der Waals surface area contributed by atoms with E-state index in [0.717, 1.165) is 0 Å². The molecule has 0 amide bonds. The zero-order chi connectivity index (χ0) is 0. The number of hydrogen-bond acceptors (Lipinski definition) is 0. The quantitative estimate of drug-likeness (QED) is 0.410. The van der Waals surface area contributed by atoms with Gasteiger partial charge in [0.15, 0.2) is 17.4 Å². The molecule has 0 saturated carbocycles. The maximum absolute atomic E-state index is 0. The van der Waals surface area contributed by atoms with E-state index in [0.29, 0.717) is 0 Å². The first-order valence-electron chi connectivity index (χ1n) is 0. The topological polar surface area (TPSA) is 0 Å². The molecule has 0 rings (SSSR count). The van der Waals surface area contributed by atoms with Crippen molar-refractivity contribution < 1.29 is 53.8 Å². The molecule has 0 N–H and O–H groups in total. The Balaban J connectivity index is 0. The molecule has 0 heterocycles. The van der Waals surface area contributed by atoms with Gasteiger partial charge in [-0.05, 0) is 11.0 Å². The molecule has 0 unspecified atom stereocenters. The first-order chi connectivity index (χ1) is 0. The minimum absolute atomic E-state index is 0. The predicted molar refractivity (Wildman–Crippen MR) is 29.3 cm³/mol. The summed E-state index contributed by atoms with van der Waals surface area (Å²) in [6, 6.07) is 0. The Morgan fingerprint density at radius 1 is 1.17 bits per heavy atom. The van der Waals surface area contributed by atoms with Crippen LogP contribution >= 0.6 is 0 Å². The minimum Gasteiger partial charge on any atom is -1.00 e. The average Bonchev–Trinajstić information content (AvgIpc) is 0. The van der Waals surface area contributed by atoms with Crippen LogP contribution in [0.1, 0.15) is 2.85 Å². The van der Waals surface area contributed by atoms with E-state index in [-0.39, 0.29) is 105 Å². The standard InChI is InChI=1S/Al.Cr.Fe.Mg.Ni.H4Si.5H/h;;;;;1H4;;;;;/q;;;+2;;;;;;2*-1. The van der Waals surface area contributed by atoms with Gasteiger partial charge < -0.3 is 2.85 Å². The van der Waals surface area contributed by atoms with E-state index in [1.54, 1.807) is 0 Å². The van der Waals surface area contributed by atoms with Gasteiger partial charge in [0.05, 0.1) is 0 Å². The summed E-state index contributed by atoms with van der Waals surface area (Å²) in [4.78, 5) is 0. The molecule has 0 bridgehead atoms. The van der Waals surface area contributed by atoms with Crippen molar-refractivity contribution in [2.24, 2.45) is 0 Å². The largest absolute Gasteiger partial charge is 2.00 e. The Labute approximate surface area is 104 Å². The van der Waals surface area contributed by atoms with Crippen molar-refractivity contribution in [1.82, 2.24) is 0 Å². The fraction of sp³-hybridized carbons (Fsp3) is 0. The van der Waals surface area contributed by atoms with Crippen LogP contribution in [0.2, 0.25) is 0 Å². The van der Waals surface area contributed by atoms with Crippen molar-refractivity contribution in [3.63, 3.8) is 0 Å². The summed E-state index contributed by atoms with van der Waals surface area (Å²) in [6.07, 6.45) is 0. The summed E-state index contributed by atoms with van der Waals surface area (Å²) in [6.45, 7) is 0. The first kappa shape index (κ1) is 62.8. The van der Waals surface area contributed by atoms with E-state index in [1.165, 1.54) is 0 Å². The van der Waals surface area contributed by atoms with Crippen LogP contribution in [0.15, 0.2) is 0 Å². The van der Waals surface area contributed by atoms with Crippen LogP contribution in [-0.4, -0.2) is 51.4 Å². The van der Waals surface area contributed by atoms with Crippen LogP contribution in [0.5, 0.6) is 0 Å². The Bertz CT molecular complexity index is 22.0. The summed E-state index contributed by atoms with van der Waals surface area (Å²) < 4.78 is 0. The zero-order valence-electron chi connectivity index (χ0n) is 3.79. The maximum Gasteiger partial charge on any atom is 2.00 e. The van der Waals surface area contributed by atoms with Crippen LogP contribution in [0.25, 0.3) is 0 Å². The molecule has 6 heteroatoms. The smallest absolute Gasteiger partial charge is 1.00 e. The van der Waals surface area contributed by atoms with Crippen molar-refractivity contribution >= 4 is 51.4 Å². The first-order valence-corrected chi connectivity index (χ1v) is 0. The van der Waals surface area contributed by atoms with Gasteiger partial charge in [-0.3, -0.25) is 0 Å². The van der Waals surface area contributed by atoms with Gasteiger partial charge in [-0.1, -0.05) is 0 Å². The molecule has 0 atom stereocenters. The van der Waals surface area contributed by atoms with Gasteiger partial charge in [-0.2, -0.15) is 0 Å². The molecule has 0 nitrogen and oxygen atoms in total. The monoisotopic (exact) mass is 254 g/mol. The third-order valence-corrected chi connectivity index (χ3v) is 0. The van der Waals surface area contributed by atoms with Crippen LogP contribution in [-0.2, 0) is 50.9 Å². The molecule has 0 aliphatic heterocycles. The fourth-order valence-electron chi connectivity index (χ4n) is 0. The molecule has 0 radical (unpaired) electrons. The predicted octanol–water partition coefficient (Wildman–Crippen LogP) is -2.80. The molecule has 0 aromatic heterocycles. The van der Waals surface area contributed by atoms with Crippen LogP contribution < -0.4 is 0 Å². The summed E-state index contributed by atoms with van der Waals surface area (Å²) in [7, 11) is 0. The Morgan fingerprint density at radius 3 is 1.17 bits per heavy atom. The van der Waals surface area contributed by atoms with E-state index in [2.05, 4.69) is 0 Å². The van der Waals surface area contributed by atoms with Gasteiger partial charge in [0.25, 0.3) is 0 Å². The van der Waals surface area contributed by atoms with E-state index in [1.807, 2.05) is 0 Å². The third-order valence-electron chi connectivity index (χ3n) is 0. The van der Waals surface area contributed by atoms with Crippen molar-refractivity contribution in [3.8, 4) is 0 Å². The van der Waals surface area contributed by atoms with Gasteiger partial charge in [0, 0.05) is 50.9 Å². The molecule has 0 aromatic carbocycles. The Morgan fingerprint density at radius 2 is 1.17 bits per heavy atom. The SMILES string of the molecule is [AlH3].[Cr].[Fe].[H-].[H-].[Mg+2].[Ni].[SiH4]. The average molecular weight is 255 g/mol. The minimum atomic E-state index is 0. The summed E-state index contributed by atoms with van der Waals surface area (Å²) >= 11 is 0. The van der Waals surface area contributed by atoms with Crippen LogP contribution in [0.3, 0.4) is 0 Å². The van der Waals surface area contributed by atoms with E-state index >= 15 is 0 Å². The van der Waals surface area contributed by atoms with Gasteiger partial charge in [-0.25, -0.2) is 0 Å². The molecule has 0 spiro atoms. The van der Waals surface area contributed by atoms with Gasteiger partial charge >= 0.3 is 23.1 Å². The van der Waals surface area contributed by atoms with Crippen LogP contribution in [0, 0.1) is 0 Å². The van der Waals surface area contributed by atoms with E-state index in [9.17, 15) is 0 Å². The normalized spacial score (nSPS) is 0. The Kier molecular flexibility index (Phi) is 449. The van der Waals surface area contributed by atoms with Crippen molar-refractivity contribution in [1.29, 1.82) is 0 Å². The molecular formula is H9AlCrFeMgNiSi. The van der Waals surface area contributed by atoms with E-state index in [4.69, 9.17) is 0 Å². The molecule has 6 heavy (non-hydrogen) atoms. The molecule has 0 aliphatic rings. The number of rotatable bonds is 0. The third kappa shape index (κ3) is 27.7. The van der Waals surface area contributed by atoms with Gasteiger partial charge in [0.1, 0.15) is 0 Å². The molecule has 42 valence electrons. The summed E-state index contributed by atoms with van der Waals surface area (Å²) in [5.41, 5.74) is 0.